The van der Waals surface area contributed by atoms with E-state index in [1.807, 2.05) is 0 Å². The fraction of sp³-hybridized carbons (Fsp3) is 0.362. The van der Waals surface area contributed by atoms with Crippen LogP contribution in [-0.4, -0.2) is 5.43 Å². The monoisotopic (exact) mass is 810 g/mol. The molecule has 0 aromatic heterocycles. The van der Waals surface area contributed by atoms with Crippen LogP contribution in [0.3, 0.4) is 0 Å². The van der Waals surface area contributed by atoms with Crippen molar-refractivity contribution in [3.8, 4) is 22.3 Å². The molecule has 0 N–H and O–H groups in total. The van der Waals surface area contributed by atoms with E-state index in [0.717, 1.165) is 0 Å². The maximum atomic E-state index is 2.41. The van der Waals surface area contributed by atoms with Crippen molar-refractivity contribution in [2.75, 3.05) is 0 Å². The minimum Gasteiger partial charge on any atom is -1.00 e. The summed E-state index contributed by atoms with van der Waals surface area (Å²) >= 11 is 1.74. The van der Waals surface area contributed by atoms with E-state index in [9.17, 15) is 0 Å². The first-order valence-electron chi connectivity index (χ1n) is 18.1. The van der Waals surface area contributed by atoms with E-state index >= 15 is 0 Å². The van der Waals surface area contributed by atoms with Crippen LogP contribution in [0.2, 0.25) is 13.1 Å². The molecule has 0 aliphatic carbocycles. The summed E-state index contributed by atoms with van der Waals surface area (Å²) in [4.78, 5) is 0. The second kappa shape index (κ2) is 19.2. The molecule has 0 heterocycles. The van der Waals surface area contributed by atoms with Gasteiger partial charge in [-0.05, 0) is 52.3 Å². The Morgan fingerprint density at radius 2 is 1.14 bits per heavy atom. The molecule has 0 radical (unpaired) electrons. The summed E-state index contributed by atoms with van der Waals surface area (Å²) in [6.07, 6.45) is 2.50. The Balaban J connectivity index is 0.000000311. The van der Waals surface area contributed by atoms with Crippen LogP contribution in [0.25, 0.3) is 43.8 Å². The third-order valence-corrected chi connectivity index (χ3v) is 9.30. The van der Waals surface area contributed by atoms with Gasteiger partial charge in [0.2, 0.25) is 0 Å². The summed E-state index contributed by atoms with van der Waals surface area (Å²) in [5.74, 6) is 0.638. The molecule has 1 atom stereocenters. The van der Waals surface area contributed by atoms with Crippen molar-refractivity contribution in [3.63, 3.8) is 0 Å². The first kappa shape index (κ1) is 44.9. The van der Waals surface area contributed by atoms with Crippen LogP contribution < -0.4 is 24.8 Å². The minimum absolute atomic E-state index is 0. The second-order valence-corrected chi connectivity index (χ2v) is 25.7. The SMILES string of the molecule is CCCC(C)c1cc2c(-c3ccc(C(C)(C)C)cc3)cccc2[cH-]1.C[Si](C)=[Zr+2].Cc1cc(-c2ccc(C(C)(C)C)cc2)c2cc(C)[cH-]c2c1.[Cl-].[Cl-]. The van der Waals surface area contributed by atoms with Gasteiger partial charge in [-0.3, -0.25) is 0 Å². The Hall–Kier alpha value is -2.22. The molecule has 6 aromatic carbocycles. The van der Waals surface area contributed by atoms with Gasteiger partial charge in [0, 0.05) is 0 Å². The smallest absolute Gasteiger partial charge is 0.0132 e. The summed E-state index contributed by atoms with van der Waals surface area (Å²) in [6.45, 7) is 27.1. The van der Waals surface area contributed by atoms with Crippen molar-refractivity contribution in [3.05, 3.63) is 131 Å². The van der Waals surface area contributed by atoms with Crippen LogP contribution in [0.1, 0.15) is 102 Å². The number of benzene rings is 4. The van der Waals surface area contributed by atoms with Crippen molar-refractivity contribution in [2.24, 2.45) is 0 Å². The van der Waals surface area contributed by atoms with E-state index in [2.05, 4.69) is 185 Å². The summed E-state index contributed by atoms with van der Waals surface area (Å²) in [5.41, 5.74) is 12.8. The van der Waals surface area contributed by atoms with Gasteiger partial charge in [0.15, 0.2) is 0 Å². The number of fused-ring (bicyclic) bond motifs is 2. The Labute approximate surface area is 337 Å². The molecule has 0 aliphatic heterocycles. The van der Waals surface area contributed by atoms with E-state index in [1.54, 1.807) is 23.3 Å². The van der Waals surface area contributed by atoms with Gasteiger partial charge in [0.05, 0.1) is 0 Å². The van der Waals surface area contributed by atoms with E-state index in [-0.39, 0.29) is 41.1 Å². The Morgan fingerprint density at radius 1 is 0.647 bits per heavy atom. The fourth-order valence-electron chi connectivity index (χ4n) is 6.55. The predicted octanol–water partition coefficient (Wildman–Crippen LogP) is 8.36. The Morgan fingerprint density at radius 3 is 1.63 bits per heavy atom. The molecule has 6 rings (SSSR count). The standard InChI is InChI=1S/C24H29.C21H23.C2H6Si.2ClH.Zr/c1-6-8-17(2)20-15-19-9-7-10-22(23(19)16-20)18-11-13-21(14-12-18)24(3,4)5;1-14-10-17-11-15(2)13-20(17)19(12-14)16-6-8-18(9-7-16)21(3,4)5;1-3-2;;;/h7,9-17H,6,8H2,1-5H3;6-13H,1-5H3;1-2H3;2*1H;/q2*-1;;;;+2/p-2. The number of aryl methyl sites for hydroxylation is 2. The topological polar surface area (TPSA) is 0 Å². The van der Waals surface area contributed by atoms with Crippen LogP contribution in [-0.2, 0) is 34.2 Å². The molecule has 0 bridgehead atoms. The molecule has 0 spiro atoms. The molecule has 51 heavy (non-hydrogen) atoms. The minimum atomic E-state index is 0. The second-order valence-electron chi connectivity index (χ2n) is 16.3. The number of rotatable bonds is 5. The number of hydrogen-bond donors (Lipinski definition) is 0. The molecule has 0 nitrogen and oxygen atoms in total. The van der Waals surface area contributed by atoms with Crippen molar-refractivity contribution in [2.45, 2.75) is 112 Å². The molecular weight excluding hydrogens is 755 g/mol. The third kappa shape index (κ3) is 12.2. The predicted molar refractivity (Wildman–Crippen MR) is 218 cm³/mol. The van der Waals surface area contributed by atoms with Crippen molar-refractivity contribution >= 4 is 27.0 Å². The summed E-state index contributed by atoms with van der Waals surface area (Å²) in [6, 6.07) is 38.7. The van der Waals surface area contributed by atoms with Gasteiger partial charge in [-0.25, -0.2) is 0 Å². The molecular formula is C47H58Cl2SiZr-2. The van der Waals surface area contributed by atoms with E-state index in [4.69, 9.17) is 0 Å². The molecule has 6 aromatic rings. The molecule has 0 fully saturated rings. The maximum Gasteiger partial charge on any atom is -0.0132 e. The first-order valence-corrected chi connectivity index (χ1v) is 24.3. The van der Waals surface area contributed by atoms with Gasteiger partial charge < -0.3 is 24.8 Å². The van der Waals surface area contributed by atoms with Gasteiger partial charge in [-0.1, -0.05) is 146 Å². The quantitative estimate of drug-likeness (QED) is 0.121. The van der Waals surface area contributed by atoms with E-state index in [0.29, 0.717) is 5.92 Å². The van der Waals surface area contributed by atoms with Crippen LogP contribution in [0.5, 0.6) is 0 Å². The summed E-state index contributed by atoms with van der Waals surface area (Å²) in [5, 5.41) is 5.47. The molecule has 270 valence electrons. The molecule has 4 heteroatoms. The molecule has 0 amide bonds. The third-order valence-electron chi connectivity index (χ3n) is 9.30. The van der Waals surface area contributed by atoms with E-state index in [1.165, 1.54) is 84.5 Å². The average Bonchev–Trinajstić information content (AvgIpc) is 3.63. The molecule has 0 saturated carbocycles. The van der Waals surface area contributed by atoms with Crippen LogP contribution in [0.15, 0.2) is 103 Å². The van der Waals surface area contributed by atoms with Gasteiger partial charge >= 0.3 is 41.9 Å². The van der Waals surface area contributed by atoms with Crippen molar-refractivity contribution in [1.29, 1.82) is 0 Å². The van der Waals surface area contributed by atoms with Crippen molar-refractivity contribution < 1.29 is 48.1 Å². The summed E-state index contributed by atoms with van der Waals surface area (Å²) in [7, 11) is 0. The molecule has 0 saturated heterocycles. The zero-order valence-corrected chi connectivity index (χ0v) is 38.0. The fourth-order valence-corrected chi connectivity index (χ4v) is 6.55. The van der Waals surface area contributed by atoms with Gasteiger partial charge in [0.25, 0.3) is 0 Å². The van der Waals surface area contributed by atoms with Gasteiger partial charge in [-0.2, -0.15) is 12.1 Å². The van der Waals surface area contributed by atoms with Crippen molar-refractivity contribution in [1.82, 2.24) is 0 Å². The summed E-state index contributed by atoms with van der Waals surface area (Å²) < 4.78 is 0. The zero-order chi connectivity index (χ0) is 36.1. The van der Waals surface area contributed by atoms with Crippen LogP contribution in [0.4, 0.5) is 0 Å². The molecule has 1 unspecified atom stereocenters. The number of halogens is 2. The Kier molecular flexibility index (Phi) is 16.9. The van der Waals surface area contributed by atoms with E-state index < -0.39 is 0 Å². The van der Waals surface area contributed by atoms with Crippen LogP contribution in [0, 0.1) is 13.8 Å². The Bertz CT molecular complexity index is 1990. The number of hydrogen-bond acceptors (Lipinski definition) is 0. The molecule has 0 aliphatic rings. The largest absolute Gasteiger partial charge is 1.00 e. The van der Waals surface area contributed by atoms with Crippen LogP contribution >= 0.6 is 0 Å². The maximum absolute atomic E-state index is 2.41. The normalized spacial score (nSPS) is 11.8. The van der Waals surface area contributed by atoms with Gasteiger partial charge in [0.1, 0.15) is 0 Å². The zero-order valence-electron chi connectivity index (χ0n) is 33.1. The van der Waals surface area contributed by atoms with Gasteiger partial charge in [-0.15, -0.1) is 63.0 Å². The average molecular weight is 813 g/mol. The first-order chi connectivity index (χ1) is 23.0.